The van der Waals surface area contributed by atoms with Gasteiger partial charge < -0.3 is 25.0 Å². The van der Waals surface area contributed by atoms with Gasteiger partial charge in [0.05, 0.1) is 0 Å². The van der Waals surface area contributed by atoms with Crippen LogP contribution in [0.1, 0.15) is 16.7 Å². The molecule has 3 N–H and O–H groups in total. The maximum absolute atomic E-state index is 10.2. The fraction of sp³-hybridized carbons (Fsp3) is 0.111. The summed E-state index contributed by atoms with van der Waals surface area (Å²) in [5.41, 5.74) is 4.89. The average Bonchev–Trinajstić information content (AvgIpc) is 2.78. The van der Waals surface area contributed by atoms with Crippen molar-refractivity contribution < 1.29 is 20.1 Å². The highest BCUT2D eigenvalue weighted by Crippen LogP contribution is 2.39. The van der Waals surface area contributed by atoms with Crippen LogP contribution >= 0.6 is 0 Å². The van der Waals surface area contributed by atoms with Gasteiger partial charge in [-0.3, -0.25) is 0 Å². The molecule has 0 saturated carbocycles. The van der Waals surface area contributed by atoms with Gasteiger partial charge in [-0.2, -0.15) is 0 Å². The lowest BCUT2D eigenvalue weighted by Crippen LogP contribution is -2.10. The first-order chi connectivity index (χ1) is 15.3. The van der Waals surface area contributed by atoms with Crippen LogP contribution in [0.15, 0.2) is 78.9 Å². The molecule has 0 atom stereocenters. The number of aryl methyl sites for hydroxylation is 3. The zero-order valence-corrected chi connectivity index (χ0v) is 18.2. The quantitative estimate of drug-likeness (QED) is 0.320. The Kier molecular flexibility index (Phi) is 5.65. The van der Waals surface area contributed by atoms with Gasteiger partial charge in [-0.1, -0.05) is 12.1 Å². The molecule has 5 nitrogen and oxygen atoms in total. The lowest BCUT2D eigenvalue weighted by Gasteiger charge is -2.26. The van der Waals surface area contributed by atoms with Crippen molar-refractivity contribution in [1.29, 1.82) is 0 Å². The van der Waals surface area contributed by atoms with Crippen molar-refractivity contribution in [1.82, 2.24) is 0 Å². The molecule has 0 saturated heterocycles. The highest BCUT2D eigenvalue weighted by molar-refractivity contribution is 5.78. The van der Waals surface area contributed by atoms with E-state index >= 15 is 0 Å². The number of para-hydroxylation sites is 1. The van der Waals surface area contributed by atoms with Gasteiger partial charge >= 0.3 is 0 Å². The van der Waals surface area contributed by atoms with Gasteiger partial charge in [-0.05, 0) is 104 Å². The second-order valence-corrected chi connectivity index (χ2v) is 7.79. The molecule has 32 heavy (non-hydrogen) atoms. The topological polar surface area (TPSA) is 73.2 Å². The van der Waals surface area contributed by atoms with E-state index in [2.05, 4.69) is 0 Å². The van der Waals surface area contributed by atoms with E-state index in [1.807, 2.05) is 86.3 Å². The standard InChI is InChI=1S/C27H25NO4/c1-17-5-4-6-26(27(17)31)32-23-11-7-20(8-12-23)28(21-9-13-24(29)18(2)15-21)22-10-14-25(30)19(3)16-22/h4-16,29-31H,1-3H3. The third kappa shape index (κ3) is 4.18. The summed E-state index contributed by atoms with van der Waals surface area (Å²) < 4.78 is 5.87. The van der Waals surface area contributed by atoms with Crippen LogP contribution in [0.2, 0.25) is 0 Å². The molecule has 5 heteroatoms. The van der Waals surface area contributed by atoms with Crippen molar-refractivity contribution in [2.24, 2.45) is 0 Å². The molecule has 0 aliphatic carbocycles. The van der Waals surface area contributed by atoms with Crippen LogP contribution in [-0.4, -0.2) is 15.3 Å². The number of ether oxygens (including phenoxy) is 1. The fourth-order valence-corrected chi connectivity index (χ4v) is 3.51. The average molecular weight is 428 g/mol. The maximum atomic E-state index is 10.2. The molecule has 0 heterocycles. The number of phenolic OH excluding ortho intramolecular Hbond substituents is 3. The zero-order valence-electron chi connectivity index (χ0n) is 18.2. The largest absolute Gasteiger partial charge is 0.508 e. The Morgan fingerprint density at radius 3 is 1.66 bits per heavy atom. The Balaban J connectivity index is 1.73. The number of hydrogen-bond donors (Lipinski definition) is 3. The molecule has 4 rings (SSSR count). The monoisotopic (exact) mass is 427 g/mol. The fourth-order valence-electron chi connectivity index (χ4n) is 3.51. The van der Waals surface area contributed by atoms with E-state index in [0.29, 0.717) is 11.5 Å². The van der Waals surface area contributed by atoms with Gasteiger partial charge in [0.15, 0.2) is 11.5 Å². The molecule has 0 unspecified atom stereocenters. The number of rotatable bonds is 5. The smallest absolute Gasteiger partial charge is 0.169 e. The summed E-state index contributed by atoms with van der Waals surface area (Å²) >= 11 is 0. The Morgan fingerprint density at radius 2 is 1.12 bits per heavy atom. The van der Waals surface area contributed by atoms with E-state index in [0.717, 1.165) is 33.8 Å². The van der Waals surface area contributed by atoms with Gasteiger partial charge in [0.25, 0.3) is 0 Å². The maximum Gasteiger partial charge on any atom is 0.169 e. The van der Waals surface area contributed by atoms with E-state index in [1.54, 1.807) is 18.2 Å². The summed E-state index contributed by atoms with van der Waals surface area (Å²) in [7, 11) is 0. The number of anilines is 3. The molecule has 4 aromatic rings. The second kappa shape index (κ2) is 8.55. The molecule has 0 aliphatic heterocycles. The Bertz CT molecular complexity index is 1210. The molecule has 0 bridgehead atoms. The number of aromatic hydroxyl groups is 3. The van der Waals surface area contributed by atoms with Crippen molar-refractivity contribution in [2.75, 3.05) is 4.90 Å². The van der Waals surface area contributed by atoms with E-state index in [-0.39, 0.29) is 17.2 Å². The molecule has 0 aliphatic rings. The van der Waals surface area contributed by atoms with E-state index in [9.17, 15) is 15.3 Å². The molecular weight excluding hydrogens is 402 g/mol. The summed E-state index contributed by atoms with van der Waals surface area (Å²) in [4.78, 5) is 2.03. The van der Waals surface area contributed by atoms with E-state index < -0.39 is 0 Å². The minimum atomic E-state index is 0.123. The van der Waals surface area contributed by atoms with Crippen molar-refractivity contribution >= 4 is 17.1 Å². The summed E-state index contributed by atoms with van der Waals surface area (Å²) in [5.74, 6) is 1.59. The number of phenols is 3. The Hall–Kier alpha value is -4.12. The van der Waals surface area contributed by atoms with Crippen LogP contribution in [0.4, 0.5) is 17.1 Å². The number of hydrogen-bond acceptors (Lipinski definition) is 5. The zero-order chi connectivity index (χ0) is 22.8. The van der Waals surface area contributed by atoms with Crippen molar-refractivity contribution in [3.05, 3.63) is 95.6 Å². The summed E-state index contributed by atoms with van der Waals surface area (Å²) in [5, 5.41) is 30.2. The molecule has 4 aromatic carbocycles. The predicted molar refractivity (Wildman–Crippen MR) is 127 cm³/mol. The molecule has 0 spiro atoms. The highest BCUT2D eigenvalue weighted by Gasteiger charge is 2.15. The second-order valence-electron chi connectivity index (χ2n) is 7.79. The third-order valence-corrected chi connectivity index (χ3v) is 5.40. The highest BCUT2D eigenvalue weighted by atomic mass is 16.5. The van der Waals surface area contributed by atoms with Crippen molar-refractivity contribution in [2.45, 2.75) is 20.8 Å². The summed E-state index contributed by atoms with van der Waals surface area (Å²) in [6, 6.07) is 23.8. The van der Waals surface area contributed by atoms with Crippen LogP contribution in [-0.2, 0) is 0 Å². The van der Waals surface area contributed by atoms with Gasteiger partial charge in [-0.25, -0.2) is 0 Å². The summed E-state index contributed by atoms with van der Waals surface area (Å²) in [6.07, 6.45) is 0. The normalized spacial score (nSPS) is 10.7. The first-order valence-corrected chi connectivity index (χ1v) is 10.3. The molecular formula is C27H25NO4. The van der Waals surface area contributed by atoms with Crippen LogP contribution in [0.25, 0.3) is 0 Å². The SMILES string of the molecule is Cc1cc(N(c2ccc(Oc3cccc(C)c3O)cc2)c2ccc(O)c(C)c2)ccc1O. The lowest BCUT2D eigenvalue weighted by molar-refractivity contribution is 0.408. The first kappa shape index (κ1) is 21.1. The van der Waals surface area contributed by atoms with Crippen LogP contribution < -0.4 is 9.64 Å². The van der Waals surface area contributed by atoms with Gasteiger partial charge in [-0.15, -0.1) is 0 Å². The Morgan fingerprint density at radius 1 is 0.594 bits per heavy atom. The molecule has 0 aromatic heterocycles. The predicted octanol–water partition coefficient (Wildman–Crippen LogP) is 6.99. The molecule has 162 valence electrons. The van der Waals surface area contributed by atoms with E-state index in [4.69, 9.17) is 4.74 Å². The van der Waals surface area contributed by atoms with Crippen LogP contribution in [0, 0.1) is 20.8 Å². The minimum absolute atomic E-state index is 0.123. The number of nitrogens with zero attached hydrogens (tertiary/aromatic N) is 1. The minimum Gasteiger partial charge on any atom is -0.508 e. The third-order valence-electron chi connectivity index (χ3n) is 5.40. The van der Waals surface area contributed by atoms with Crippen LogP contribution in [0.5, 0.6) is 28.7 Å². The van der Waals surface area contributed by atoms with E-state index in [1.165, 1.54) is 0 Å². The van der Waals surface area contributed by atoms with Gasteiger partial charge in [0, 0.05) is 17.1 Å². The van der Waals surface area contributed by atoms with Crippen molar-refractivity contribution in [3.63, 3.8) is 0 Å². The lowest BCUT2D eigenvalue weighted by atomic mass is 10.1. The molecule has 0 fully saturated rings. The number of benzene rings is 4. The first-order valence-electron chi connectivity index (χ1n) is 10.3. The molecule has 0 radical (unpaired) electrons. The van der Waals surface area contributed by atoms with Crippen LogP contribution in [0.3, 0.4) is 0 Å². The Labute approximate surface area is 187 Å². The van der Waals surface area contributed by atoms with Crippen molar-refractivity contribution in [3.8, 4) is 28.7 Å². The van der Waals surface area contributed by atoms with Gasteiger partial charge in [0.1, 0.15) is 17.2 Å². The van der Waals surface area contributed by atoms with Gasteiger partial charge in [0.2, 0.25) is 0 Å². The summed E-state index contributed by atoms with van der Waals surface area (Å²) in [6.45, 7) is 5.52. The molecule has 0 amide bonds.